The van der Waals surface area contributed by atoms with Crippen LogP contribution in [0, 0.1) is 25.2 Å². The highest BCUT2D eigenvalue weighted by molar-refractivity contribution is 5.73. The Hall–Kier alpha value is -2.02. The molecule has 1 aromatic rings. The third-order valence-corrected chi connectivity index (χ3v) is 2.18. The van der Waals surface area contributed by atoms with Gasteiger partial charge in [0.25, 0.3) is 0 Å². The van der Waals surface area contributed by atoms with Gasteiger partial charge in [-0.05, 0) is 37.1 Å². The Balaban J connectivity index is 2.81. The van der Waals surface area contributed by atoms with Crippen molar-refractivity contribution in [2.24, 2.45) is 5.73 Å². The lowest BCUT2D eigenvalue weighted by molar-refractivity contribution is -0.118. The number of ether oxygens (including phenoxy) is 1. The quantitative estimate of drug-likeness (QED) is 0.830. The van der Waals surface area contributed by atoms with Gasteiger partial charge in [-0.15, -0.1) is 0 Å². The first kappa shape index (κ1) is 12.1. The zero-order valence-electron chi connectivity index (χ0n) is 9.41. The van der Waals surface area contributed by atoms with Crippen LogP contribution >= 0.6 is 0 Å². The summed E-state index contributed by atoms with van der Waals surface area (Å²) in [5.41, 5.74) is 7.40. The van der Waals surface area contributed by atoms with Crippen molar-refractivity contribution in [3.05, 3.63) is 28.8 Å². The molecule has 0 spiro atoms. The van der Waals surface area contributed by atoms with Gasteiger partial charge in [-0.2, -0.15) is 5.26 Å². The molecule has 4 nitrogen and oxygen atoms in total. The molecule has 16 heavy (non-hydrogen) atoms. The molecule has 0 atom stereocenters. The maximum absolute atomic E-state index is 10.6. The van der Waals surface area contributed by atoms with Crippen LogP contribution in [0.4, 0.5) is 0 Å². The van der Waals surface area contributed by atoms with Gasteiger partial charge in [0.05, 0.1) is 24.7 Å². The number of rotatable bonds is 4. The third kappa shape index (κ3) is 2.99. The van der Waals surface area contributed by atoms with E-state index in [0.717, 1.165) is 16.9 Å². The molecule has 0 saturated carbocycles. The Morgan fingerprint density at radius 3 is 2.44 bits per heavy atom. The number of nitriles is 1. The second kappa shape index (κ2) is 5.17. The number of primary amides is 1. The summed E-state index contributed by atoms with van der Waals surface area (Å²) in [4.78, 5) is 10.6. The Labute approximate surface area is 94.6 Å². The van der Waals surface area contributed by atoms with Gasteiger partial charge in [0.15, 0.2) is 0 Å². The summed E-state index contributed by atoms with van der Waals surface area (Å²) < 4.78 is 5.47. The van der Waals surface area contributed by atoms with Crippen LogP contribution in [-0.4, -0.2) is 12.5 Å². The Morgan fingerprint density at radius 2 is 2.00 bits per heavy atom. The number of amides is 1. The van der Waals surface area contributed by atoms with E-state index in [1.54, 1.807) is 12.1 Å². The van der Waals surface area contributed by atoms with Gasteiger partial charge in [0.2, 0.25) is 5.91 Å². The van der Waals surface area contributed by atoms with Gasteiger partial charge in [0.1, 0.15) is 5.75 Å². The van der Waals surface area contributed by atoms with Crippen LogP contribution in [0.15, 0.2) is 12.1 Å². The molecule has 0 fully saturated rings. The molecule has 0 aliphatic heterocycles. The Kier molecular flexibility index (Phi) is 3.90. The van der Waals surface area contributed by atoms with Gasteiger partial charge >= 0.3 is 0 Å². The first-order valence-corrected chi connectivity index (χ1v) is 4.97. The first-order valence-electron chi connectivity index (χ1n) is 4.97. The van der Waals surface area contributed by atoms with Crippen LogP contribution in [0.3, 0.4) is 0 Å². The zero-order valence-corrected chi connectivity index (χ0v) is 9.41. The van der Waals surface area contributed by atoms with Crippen LogP contribution in [0.1, 0.15) is 23.1 Å². The highest BCUT2D eigenvalue weighted by atomic mass is 16.5. The molecule has 0 saturated heterocycles. The standard InChI is InChI=1S/C12H14N2O2/c1-8-5-10(7-13)6-9(2)12(8)16-4-3-11(14)15/h5-6H,3-4H2,1-2H3,(H2,14,15). The molecule has 0 radical (unpaired) electrons. The molecular weight excluding hydrogens is 204 g/mol. The van der Waals surface area contributed by atoms with Crippen molar-refractivity contribution in [1.29, 1.82) is 5.26 Å². The van der Waals surface area contributed by atoms with E-state index in [9.17, 15) is 4.79 Å². The molecule has 0 bridgehead atoms. The summed E-state index contributed by atoms with van der Waals surface area (Å²) in [5, 5.41) is 8.77. The average molecular weight is 218 g/mol. The van der Waals surface area contributed by atoms with E-state index in [-0.39, 0.29) is 18.9 Å². The van der Waals surface area contributed by atoms with Crippen molar-refractivity contribution >= 4 is 5.91 Å². The lowest BCUT2D eigenvalue weighted by Gasteiger charge is -2.11. The molecule has 1 rings (SSSR count). The van der Waals surface area contributed by atoms with E-state index >= 15 is 0 Å². The molecule has 0 aliphatic carbocycles. The summed E-state index contributed by atoms with van der Waals surface area (Å²) in [6.07, 6.45) is 0.193. The minimum atomic E-state index is -0.385. The number of carbonyl (C=O) groups is 1. The molecule has 0 unspecified atom stereocenters. The van der Waals surface area contributed by atoms with E-state index in [0.29, 0.717) is 5.56 Å². The summed E-state index contributed by atoms with van der Waals surface area (Å²) in [6, 6.07) is 5.59. The largest absolute Gasteiger partial charge is 0.493 e. The number of benzene rings is 1. The van der Waals surface area contributed by atoms with E-state index in [2.05, 4.69) is 6.07 Å². The molecule has 0 heterocycles. The maximum Gasteiger partial charge on any atom is 0.220 e. The molecular formula is C12H14N2O2. The number of hydrogen-bond donors (Lipinski definition) is 1. The van der Waals surface area contributed by atoms with E-state index < -0.39 is 0 Å². The Bertz CT molecular complexity index is 424. The van der Waals surface area contributed by atoms with Crippen LogP contribution < -0.4 is 10.5 Å². The summed E-state index contributed by atoms with van der Waals surface area (Å²) in [6.45, 7) is 4.00. The van der Waals surface area contributed by atoms with Crippen LogP contribution in [0.2, 0.25) is 0 Å². The molecule has 1 amide bonds. The number of aryl methyl sites for hydroxylation is 2. The molecule has 2 N–H and O–H groups in total. The fourth-order valence-corrected chi connectivity index (χ4v) is 1.50. The van der Waals surface area contributed by atoms with Crippen molar-refractivity contribution in [2.75, 3.05) is 6.61 Å². The molecule has 4 heteroatoms. The average Bonchev–Trinajstić information content (AvgIpc) is 2.21. The number of carbonyl (C=O) groups excluding carboxylic acids is 1. The normalized spacial score (nSPS) is 9.56. The van der Waals surface area contributed by atoms with Crippen LogP contribution in [0.25, 0.3) is 0 Å². The topological polar surface area (TPSA) is 76.1 Å². The monoisotopic (exact) mass is 218 g/mol. The van der Waals surface area contributed by atoms with Crippen molar-refractivity contribution < 1.29 is 9.53 Å². The van der Waals surface area contributed by atoms with E-state index in [1.807, 2.05) is 13.8 Å². The van der Waals surface area contributed by atoms with Crippen LogP contribution in [0.5, 0.6) is 5.75 Å². The van der Waals surface area contributed by atoms with E-state index in [1.165, 1.54) is 0 Å². The highest BCUT2D eigenvalue weighted by Gasteiger charge is 2.06. The molecule has 1 aromatic carbocycles. The second-order valence-corrected chi connectivity index (χ2v) is 3.62. The fourth-order valence-electron chi connectivity index (χ4n) is 1.50. The summed E-state index contributed by atoms with van der Waals surface area (Å²) in [5.74, 6) is 0.337. The minimum absolute atomic E-state index is 0.193. The van der Waals surface area contributed by atoms with Crippen molar-refractivity contribution in [2.45, 2.75) is 20.3 Å². The van der Waals surface area contributed by atoms with Gasteiger partial charge in [0, 0.05) is 0 Å². The predicted molar refractivity (Wildman–Crippen MR) is 59.9 cm³/mol. The molecule has 84 valence electrons. The molecule has 0 aliphatic rings. The lowest BCUT2D eigenvalue weighted by atomic mass is 10.1. The fraction of sp³-hybridized carbons (Fsp3) is 0.333. The maximum atomic E-state index is 10.6. The van der Waals surface area contributed by atoms with Gasteiger partial charge in [-0.3, -0.25) is 4.79 Å². The Morgan fingerprint density at radius 1 is 1.44 bits per heavy atom. The first-order chi connectivity index (χ1) is 7.54. The van der Waals surface area contributed by atoms with Crippen LogP contribution in [-0.2, 0) is 4.79 Å². The summed E-state index contributed by atoms with van der Waals surface area (Å²) in [7, 11) is 0. The van der Waals surface area contributed by atoms with Crippen molar-refractivity contribution in [3.8, 4) is 11.8 Å². The van der Waals surface area contributed by atoms with Crippen molar-refractivity contribution in [3.63, 3.8) is 0 Å². The van der Waals surface area contributed by atoms with Crippen molar-refractivity contribution in [1.82, 2.24) is 0 Å². The lowest BCUT2D eigenvalue weighted by Crippen LogP contribution is -2.15. The van der Waals surface area contributed by atoms with E-state index in [4.69, 9.17) is 15.7 Å². The number of nitrogens with zero attached hydrogens (tertiary/aromatic N) is 1. The van der Waals surface area contributed by atoms with Gasteiger partial charge in [-0.1, -0.05) is 0 Å². The zero-order chi connectivity index (χ0) is 12.1. The second-order valence-electron chi connectivity index (χ2n) is 3.62. The molecule has 0 aromatic heterocycles. The predicted octanol–water partition coefficient (Wildman–Crippen LogP) is 1.43. The minimum Gasteiger partial charge on any atom is -0.493 e. The SMILES string of the molecule is Cc1cc(C#N)cc(C)c1OCCC(N)=O. The number of hydrogen-bond acceptors (Lipinski definition) is 3. The highest BCUT2D eigenvalue weighted by Crippen LogP contribution is 2.24. The third-order valence-electron chi connectivity index (χ3n) is 2.18. The van der Waals surface area contributed by atoms with Gasteiger partial charge in [-0.25, -0.2) is 0 Å². The number of nitrogens with two attached hydrogens (primary N) is 1. The van der Waals surface area contributed by atoms with Gasteiger partial charge < -0.3 is 10.5 Å². The smallest absolute Gasteiger partial charge is 0.220 e. The summed E-state index contributed by atoms with van der Waals surface area (Å²) >= 11 is 0.